The van der Waals surface area contributed by atoms with Crippen LogP contribution in [-0.2, 0) is 0 Å². The fourth-order valence-corrected chi connectivity index (χ4v) is 1.57. The van der Waals surface area contributed by atoms with Gasteiger partial charge in [0.15, 0.2) is 0 Å². The molecule has 0 spiro atoms. The molecule has 0 fully saturated rings. The molecule has 13 heavy (non-hydrogen) atoms. The van der Waals surface area contributed by atoms with Crippen LogP contribution in [0.15, 0.2) is 11.6 Å². The molecule has 0 amide bonds. The van der Waals surface area contributed by atoms with Gasteiger partial charge in [-0.25, -0.2) is 0 Å². The molecule has 0 aromatic rings. The van der Waals surface area contributed by atoms with Gasteiger partial charge in [-0.2, -0.15) is 0 Å². The largest absolute Gasteiger partial charge is 0.328 e. The molecule has 1 aliphatic heterocycles. The van der Waals surface area contributed by atoms with E-state index in [1.54, 1.807) is 0 Å². The van der Waals surface area contributed by atoms with E-state index in [1.165, 1.54) is 25.1 Å². The zero-order valence-electron chi connectivity index (χ0n) is 8.92. The van der Waals surface area contributed by atoms with Crippen molar-refractivity contribution in [2.24, 2.45) is 5.73 Å². The number of rotatable bonds is 4. The molecule has 76 valence electrons. The Morgan fingerprint density at radius 3 is 2.92 bits per heavy atom. The number of nitrogens with zero attached hydrogens (tertiary/aromatic N) is 1. The fraction of sp³-hybridized carbons (Fsp3) is 0.818. The monoisotopic (exact) mass is 182 g/mol. The van der Waals surface area contributed by atoms with E-state index >= 15 is 0 Å². The van der Waals surface area contributed by atoms with Crippen LogP contribution in [0.3, 0.4) is 0 Å². The van der Waals surface area contributed by atoms with Crippen LogP contribution in [0.25, 0.3) is 0 Å². The van der Waals surface area contributed by atoms with Gasteiger partial charge in [-0.1, -0.05) is 18.6 Å². The van der Waals surface area contributed by atoms with Crippen molar-refractivity contribution < 1.29 is 0 Å². The zero-order chi connectivity index (χ0) is 9.68. The second kappa shape index (κ2) is 5.40. The van der Waals surface area contributed by atoms with Gasteiger partial charge in [0.1, 0.15) is 0 Å². The van der Waals surface area contributed by atoms with Gasteiger partial charge in [0, 0.05) is 19.1 Å². The Balaban J connectivity index is 2.16. The van der Waals surface area contributed by atoms with Gasteiger partial charge >= 0.3 is 0 Å². The minimum Gasteiger partial charge on any atom is -0.328 e. The summed E-state index contributed by atoms with van der Waals surface area (Å²) in [6.07, 6.45) is 5.81. The Morgan fingerprint density at radius 1 is 1.62 bits per heavy atom. The Kier molecular flexibility index (Phi) is 4.46. The van der Waals surface area contributed by atoms with Gasteiger partial charge < -0.3 is 5.73 Å². The summed E-state index contributed by atoms with van der Waals surface area (Å²) < 4.78 is 0. The summed E-state index contributed by atoms with van der Waals surface area (Å²) >= 11 is 0. The molecular formula is C11H22N2. The molecule has 1 unspecified atom stereocenters. The van der Waals surface area contributed by atoms with Crippen molar-refractivity contribution in [3.8, 4) is 0 Å². The first-order valence-corrected chi connectivity index (χ1v) is 5.36. The Bertz CT molecular complexity index is 175. The first kappa shape index (κ1) is 10.7. The van der Waals surface area contributed by atoms with Crippen LogP contribution >= 0.6 is 0 Å². The van der Waals surface area contributed by atoms with E-state index in [4.69, 9.17) is 5.73 Å². The van der Waals surface area contributed by atoms with E-state index in [-0.39, 0.29) is 0 Å². The summed E-state index contributed by atoms with van der Waals surface area (Å²) in [4.78, 5) is 2.49. The van der Waals surface area contributed by atoms with Crippen LogP contribution in [0.5, 0.6) is 0 Å². The number of hydrogen-bond donors (Lipinski definition) is 1. The van der Waals surface area contributed by atoms with E-state index < -0.39 is 0 Å². The summed E-state index contributed by atoms with van der Waals surface area (Å²) in [5.74, 6) is 0. The lowest BCUT2D eigenvalue weighted by Crippen LogP contribution is -2.33. The highest BCUT2D eigenvalue weighted by atomic mass is 15.1. The van der Waals surface area contributed by atoms with E-state index in [0.717, 1.165) is 19.4 Å². The number of nitrogens with two attached hydrogens (primary N) is 1. The van der Waals surface area contributed by atoms with Crippen LogP contribution in [0.4, 0.5) is 0 Å². The van der Waals surface area contributed by atoms with E-state index in [2.05, 4.69) is 24.8 Å². The molecule has 2 N–H and O–H groups in total. The molecule has 0 saturated heterocycles. The van der Waals surface area contributed by atoms with Crippen LogP contribution in [0.1, 0.15) is 33.1 Å². The van der Waals surface area contributed by atoms with Gasteiger partial charge in [0.05, 0.1) is 0 Å². The molecule has 0 aromatic heterocycles. The third-order valence-corrected chi connectivity index (χ3v) is 2.86. The summed E-state index contributed by atoms with van der Waals surface area (Å²) in [6.45, 7) is 7.89. The molecule has 1 aliphatic rings. The van der Waals surface area contributed by atoms with Gasteiger partial charge in [-0.05, 0) is 32.7 Å². The second-order valence-corrected chi connectivity index (χ2v) is 4.06. The Labute approximate surface area is 81.8 Å². The lowest BCUT2D eigenvalue weighted by atomic mass is 10.1. The Hall–Kier alpha value is -0.340. The van der Waals surface area contributed by atoms with Crippen molar-refractivity contribution in [3.63, 3.8) is 0 Å². The van der Waals surface area contributed by atoms with Gasteiger partial charge in [-0.3, -0.25) is 4.90 Å². The third kappa shape index (κ3) is 3.92. The summed E-state index contributed by atoms with van der Waals surface area (Å²) in [5.41, 5.74) is 7.41. The SMILES string of the molecule is CCC(N)CCN1CC=C(C)CC1. The lowest BCUT2D eigenvalue weighted by molar-refractivity contribution is 0.280. The van der Waals surface area contributed by atoms with Gasteiger partial charge in [0.2, 0.25) is 0 Å². The molecule has 2 nitrogen and oxygen atoms in total. The molecule has 0 aliphatic carbocycles. The highest BCUT2D eigenvalue weighted by Crippen LogP contribution is 2.10. The predicted molar refractivity (Wildman–Crippen MR) is 57.7 cm³/mol. The third-order valence-electron chi connectivity index (χ3n) is 2.86. The second-order valence-electron chi connectivity index (χ2n) is 4.06. The maximum absolute atomic E-state index is 5.88. The fourth-order valence-electron chi connectivity index (χ4n) is 1.57. The molecule has 0 aromatic carbocycles. The molecular weight excluding hydrogens is 160 g/mol. The molecule has 0 radical (unpaired) electrons. The minimum absolute atomic E-state index is 0.395. The summed E-state index contributed by atoms with van der Waals surface area (Å²) in [5, 5.41) is 0. The van der Waals surface area contributed by atoms with Crippen molar-refractivity contribution >= 4 is 0 Å². The molecule has 1 heterocycles. The Morgan fingerprint density at radius 2 is 2.38 bits per heavy atom. The predicted octanol–water partition coefficient (Wildman–Crippen LogP) is 1.77. The van der Waals surface area contributed by atoms with Crippen LogP contribution in [0.2, 0.25) is 0 Å². The van der Waals surface area contributed by atoms with Gasteiger partial charge in [-0.15, -0.1) is 0 Å². The quantitative estimate of drug-likeness (QED) is 0.671. The van der Waals surface area contributed by atoms with E-state index in [0.29, 0.717) is 6.04 Å². The molecule has 0 bridgehead atoms. The molecule has 0 saturated carbocycles. The summed E-state index contributed by atoms with van der Waals surface area (Å²) in [6, 6.07) is 0.395. The smallest absolute Gasteiger partial charge is 0.0165 e. The van der Waals surface area contributed by atoms with Gasteiger partial charge in [0.25, 0.3) is 0 Å². The maximum Gasteiger partial charge on any atom is 0.0165 e. The van der Waals surface area contributed by atoms with E-state index in [1.807, 2.05) is 0 Å². The maximum atomic E-state index is 5.88. The first-order chi connectivity index (χ1) is 6.22. The average Bonchev–Trinajstić information content (AvgIpc) is 2.16. The lowest BCUT2D eigenvalue weighted by Gasteiger charge is -2.26. The molecule has 2 heteroatoms. The standard InChI is InChI=1S/C11H22N2/c1-3-11(12)6-9-13-7-4-10(2)5-8-13/h4,11H,3,5-9,12H2,1-2H3. The highest BCUT2D eigenvalue weighted by molar-refractivity contribution is 5.03. The van der Waals surface area contributed by atoms with Crippen molar-refractivity contribution in [2.45, 2.75) is 39.2 Å². The highest BCUT2D eigenvalue weighted by Gasteiger charge is 2.09. The summed E-state index contributed by atoms with van der Waals surface area (Å²) in [7, 11) is 0. The van der Waals surface area contributed by atoms with Crippen LogP contribution in [-0.4, -0.2) is 30.6 Å². The average molecular weight is 182 g/mol. The van der Waals surface area contributed by atoms with Crippen LogP contribution in [0, 0.1) is 0 Å². The zero-order valence-corrected chi connectivity index (χ0v) is 8.92. The van der Waals surface area contributed by atoms with Crippen molar-refractivity contribution in [1.82, 2.24) is 4.90 Å². The minimum atomic E-state index is 0.395. The van der Waals surface area contributed by atoms with Crippen LogP contribution < -0.4 is 5.73 Å². The van der Waals surface area contributed by atoms with Crippen molar-refractivity contribution in [1.29, 1.82) is 0 Å². The van der Waals surface area contributed by atoms with E-state index in [9.17, 15) is 0 Å². The van der Waals surface area contributed by atoms with Crippen molar-refractivity contribution in [2.75, 3.05) is 19.6 Å². The topological polar surface area (TPSA) is 29.3 Å². The number of hydrogen-bond acceptors (Lipinski definition) is 2. The normalized spacial score (nSPS) is 21.3. The molecule has 1 rings (SSSR count). The first-order valence-electron chi connectivity index (χ1n) is 5.36. The van der Waals surface area contributed by atoms with Crippen molar-refractivity contribution in [3.05, 3.63) is 11.6 Å². The molecule has 1 atom stereocenters.